The van der Waals surface area contributed by atoms with Crippen molar-refractivity contribution in [2.45, 2.75) is 32.1 Å². The lowest BCUT2D eigenvalue weighted by Gasteiger charge is -2.34. The topological polar surface area (TPSA) is 40.9 Å². The number of hydrogen-bond acceptors (Lipinski definition) is 1. The molecule has 1 radical (unpaired) electrons. The summed E-state index contributed by atoms with van der Waals surface area (Å²) in [4.78, 5) is 12.4. The molecule has 0 aromatic heterocycles. The maximum Gasteiger partial charge on any atom is 0.170 e. The molecule has 1 fully saturated rings. The number of nitrogens with one attached hydrogen (secondary N) is 1. The van der Waals surface area contributed by atoms with E-state index in [1.165, 1.54) is 6.42 Å². The molecule has 0 unspecified atom stereocenters. The Bertz CT molecular complexity index is 352. The third kappa shape index (κ3) is 2.03. The van der Waals surface area contributed by atoms with Crippen LogP contribution in [0.1, 0.15) is 42.5 Å². The van der Waals surface area contributed by atoms with E-state index < -0.39 is 0 Å². The zero-order valence-electron chi connectivity index (χ0n) is 9.54. The van der Waals surface area contributed by atoms with E-state index in [0.717, 1.165) is 31.2 Å². The van der Waals surface area contributed by atoms with Crippen LogP contribution in [-0.2, 0) is 0 Å². The number of carbonyl (C=O) groups is 1. The van der Waals surface area contributed by atoms with Crippen LogP contribution in [0.25, 0.3) is 0 Å². The van der Waals surface area contributed by atoms with Crippen LogP contribution in [0.2, 0.25) is 0 Å². The Hall–Kier alpha value is -1.15. The summed E-state index contributed by atoms with van der Waals surface area (Å²) in [5, 5.41) is 0. The second kappa shape index (κ2) is 4.79. The second-order valence-corrected chi connectivity index (χ2v) is 4.71. The van der Waals surface area contributed by atoms with Crippen LogP contribution in [0.4, 0.5) is 0 Å². The van der Waals surface area contributed by atoms with Gasteiger partial charge in [0.1, 0.15) is 0 Å². The monoisotopic (exact) mass is 216 g/mol. The smallest absolute Gasteiger partial charge is 0.170 e. The van der Waals surface area contributed by atoms with Gasteiger partial charge >= 0.3 is 0 Å². The highest BCUT2D eigenvalue weighted by molar-refractivity contribution is 6.00. The largest absolute Gasteiger partial charge is 0.294 e. The molecule has 0 saturated heterocycles. The average molecular weight is 216 g/mol. The molecule has 1 aromatic rings. The van der Waals surface area contributed by atoms with Gasteiger partial charge in [0.05, 0.1) is 0 Å². The average Bonchev–Trinajstić information content (AvgIpc) is 2.39. The summed E-state index contributed by atoms with van der Waals surface area (Å²) in [6.45, 7) is 0.237. The van der Waals surface area contributed by atoms with Gasteiger partial charge in [-0.05, 0) is 12.8 Å². The minimum atomic E-state index is -0.389. The highest BCUT2D eigenvalue weighted by Gasteiger charge is 2.38. The van der Waals surface area contributed by atoms with Gasteiger partial charge in [-0.1, -0.05) is 49.6 Å². The molecule has 16 heavy (non-hydrogen) atoms. The van der Waals surface area contributed by atoms with Gasteiger partial charge in [0, 0.05) is 17.5 Å². The summed E-state index contributed by atoms with van der Waals surface area (Å²) >= 11 is 0. The minimum absolute atomic E-state index is 0.183. The van der Waals surface area contributed by atoms with E-state index in [-0.39, 0.29) is 17.7 Å². The summed E-state index contributed by atoms with van der Waals surface area (Å²) in [5.74, 6) is 0.183. The highest BCUT2D eigenvalue weighted by Crippen LogP contribution is 2.38. The van der Waals surface area contributed by atoms with E-state index in [9.17, 15) is 4.79 Å². The normalized spacial score (nSPS) is 19.3. The molecule has 0 spiro atoms. The number of benzene rings is 1. The maximum absolute atomic E-state index is 12.4. The van der Waals surface area contributed by atoms with Gasteiger partial charge in [-0.3, -0.25) is 10.5 Å². The van der Waals surface area contributed by atoms with Crippen LogP contribution in [0.3, 0.4) is 0 Å². The van der Waals surface area contributed by atoms with Gasteiger partial charge in [0.2, 0.25) is 0 Å². The predicted molar refractivity (Wildman–Crippen MR) is 64.3 cm³/mol. The molecule has 2 nitrogen and oxygen atoms in total. The number of hydrogen-bond donors (Lipinski definition) is 0. The van der Waals surface area contributed by atoms with Gasteiger partial charge in [0.25, 0.3) is 0 Å². The van der Waals surface area contributed by atoms with Gasteiger partial charge in [-0.2, -0.15) is 0 Å². The fourth-order valence-corrected chi connectivity index (χ4v) is 2.61. The lowest BCUT2D eigenvalue weighted by Crippen LogP contribution is -2.37. The van der Waals surface area contributed by atoms with Crippen molar-refractivity contribution in [1.82, 2.24) is 5.73 Å². The van der Waals surface area contributed by atoms with E-state index in [1.54, 1.807) is 0 Å². The molecule has 1 N–H and O–H groups in total. The molecule has 0 atom stereocenters. The Morgan fingerprint density at radius 3 is 2.31 bits per heavy atom. The molecule has 85 valence electrons. The van der Waals surface area contributed by atoms with E-state index in [2.05, 4.69) is 0 Å². The first-order valence-corrected chi connectivity index (χ1v) is 6.03. The van der Waals surface area contributed by atoms with Crippen molar-refractivity contribution in [2.24, 2.45) is 5.41 Å². The zero-order chi connectivity index (χ0) is 11.4. The Kier molecular flexibility index (Phi) is 3.39. The Morgan fingerprint density at radius 2 is 1.75 bits per heavy atom. The zero-order valence-corrected chi connectivity index (χ0v) is 9.54. The van der Waals surface area contributed by atoms with Crippen molar-refractivity contribution in [3.05, 3.63) is 35.9 Å². The third-order valence-electron chi connectivity index (χ3n) is 3.67. The Labute approximate surface area is 96.8 Å². The summed E-state index contributed by atoms with van der Waals surface area (Å²) < 4.78 is 0. The van der Waals surface area contributed by atoms with E-state index in [1.807, 2.05) is 30.3 Å². The Morgan fingerprint density at radius 1 is 1.12 bits per heavy atom. The van der Waals surface area contributed by atoms with E-state index >= 15 is 0 Å². The first-order chi connectivity index (χ1) is 7.78. The van der Waals surface area contributed by atoms with Crippen molar-refractivity contribution in [3.63, 3.8) is 0 Å². The molecule has 1 aliphatic rings. The van der Waals surface area contributed by atoms with Crippen LogP contribution < -0.4 is 5.73 Å². The summed E-state index contributed by atoms with van der Waals surface area (Å²) in [5.41, 5.74) is 8.09. The van der Waals surface area contributed by atoms with Crippen molar-refractivity contribution >= 4 is 5.78 Å². The first-order valence-electron chi connectivity index (χ1n) is 6.03. The molecule has 2 rings (SSSR count). The molecule has 1 aliphatic carbocycles. The van der Waals surface area contributed by atoms with E-state index in [0.29, 0.717) is 0 Å². The Balaban J connectivity index is 2.24. The fourth-order valence-electron chi connectivity index (χ4n) is 2.61. The number of rotatable bonds is 3. The minimum Gasteiger partial charge on any atom is -0.294 e. The van der Waals surface area contributed by atoms with Crippen molar-refractivity contribution in [1.29, 1.82) is 0 Å². The number of ketones is 1. The van der Waals surface area contributed by atoms with Crippen LogP contribution in [0.5, 0.6) is 0 Å². The molecule has 2 heteroatoms. The lowest BCUT2D eigenvalue weighted by molar-refractivity contribution is 0.0726. The molecule has 0 aliphatic heterocycles. The first kappa shape index (κ1) is 11.3. The fraction of sp³-hybridized carbons (Fsp3) is 0.500. The molecule has 0 amide bonds. The quantitative estimate of drug-likeness (QED) is 0.716. The van der Waals surface area contributed by atoms with E-state index in [4.69, 9.17) is 5.73 Å². The molecule has 1 saturated carbocycles. The SMILES string of the molecule is [NH]CC1(C(=O)c2ccccc2)CCCCC1. The molecular formula is C14H18NO. The number of carbonyl (C=O) groups excluding carboxylic acids is 1. The lowest BCUT2D eigenvalue weighted by atomic mass is 9.69. The molecule has 0 bridgehead atoms. The highest BCUT2D eigenvalue weighted by atomic mass is 16.1. The van der Waals surface area contributed by atoms with Crippen LogP contribution >= 0.6 is 0 Å². The van der Waals surface area contributed by atoms with Crippen LogP contribution in [0, 0.1) is 5.41 Å². The molecule has 0 heterocycles. The standard InChI is InChI=1S/C14H18NO/c15-11-14(9-5-2-6-10-14)13(16)12-7-3-1-4-8-12/h1,3-4,7-8,15H,2,5-6,9-11H2. The van der Waals surface area contributed by atoms with Gasteiger partial charge in [-0.15, -0.1) is 0 Å². The summed E-state index contributed by atoms with van der Waals surface area (Å²) in [6.07, 6.45) is 5.19. The number of Topliss-reactive ketones (excluding diaryl/α,β-unsaturated/α-hetero) is 1. The van der Waals surface area contributed by atoms with Crippen molar-refractivity contribution in [3.8, 4) is 0 Å². The molecular weight excluding hydrogens is 198 g/mol. The summed E-state index contributed by atoms with van der Waals surface area (Å²) in [7, 11) is 0. The van der Waals surface area contributed by atoms with Crippen LogP contribution in [0.15, 0.2) is 30.3 Å². The van der Waals surface area contributed by atoms with Gasteiger partial charge in [0.15, 0.2) is 5.78 Å². The summed E-state index contributed by atoms with van der Waals surface area (Å²) in [6, 6.07) is 9.45. The molecule has 1 aromatic carbocycles. The van der Waals surface area contributed by atoms with Crippen LogP contribution in [-0.4, -0.2) is 12.3 Å². The maximum atomic E-state index is 12.4. The predicted octanol–water partition coefficient (Wildman–Crippen LogP) is 3.10. The van der Waals surface area contributed by atoms with Crippen molar-refractivity contribution in [2.75, 3.05) is 6.54 Å². The second-order valence-electron chi connectivity index (χ2n) is 4.71. The van der Waals surface area contributed by atoms with Gasteiger partial charge in [-0.25, -0.2) is 0 Å². The van der Waals surface area contributed by atoms with Crippen molar-refractivity contribution < 1.29 is 4.79 Å². The van der Waals surface area contributed by atoms with Gasteiger partial charge < -0.3 is 0 Å². The third-order valence-corrected chi connectivity index (χ3v) is 3.67.